The number of aryl methyl sites for hydroxylation is 1. The van der Waals surface area contributed by atoms with Crippen molar-refractivity contribution < 1.29 is 18.0 Å². The van der Waals surface area contributed by atoms with Crippen molar-refractivity contribution in [3.05, 3.63) is 63.6 Å². The zero-order valence-electron chi connectivity index (χ0n) is 16.1. The molecule has 1 N–H and O–H groups in total. The molecule has 0 atom stereocenters. The minimum absolute atomic E-state index is 0.0271. The van der Waals surface area contributed by atoms with Gasteiger partial charge in [-0.05, 0) is 37.5 Å². The van der Waals surface area contributed by atoms with Gasteiger partial charge in [-0.1, -0.05) is 18.2 Å². The van der Waals surface area contributed by atoms with Gasteiger partial charge in [0.05, 0.1) is 11.3 Å². The predicted octanol–water partition coefficient (Wildman–Crippen LogP) is 2.35. The number of halogens is 3. The van der Waals surface area contributed by atoms with Crippen molar-refractivity contribution in [2.45, 2.75) is 45.1 Å². The second-order valence-corrected chi connectivity index (χ2v) is 7.29. The molecule has 0 saturated carbocycles. The molecular formula is C20H23F3N4O2. The first-order valence-corrected chi connectivity index (χ1v) is 9.43. The molecule has 1 aliphatic heterocycles. The van der Waals surface area contributed by atoms with Gasteiger partial charge in [0.15, 0.2) is 0 Å². The lowest BCUT2D eigenvalue weighted by Gasteiger charge is -2.32. The highest BCUT2D eigenvalue weighted by Crippen LogP contribution is 2.30. The number of carbonyl (C=O) groups excluding carboxylic acids is 1. The Bertz CT molecular complexity index is 918. The number of rotatable bonds is 5. The van der Waals surface area contributed by atoms with Gasteiger partial charge in [-0.15, -0.1) is 0 Å². The van der Waals surface area contributed by atoms with Gasteiger partial charge < -0.3 is 5.32 Å². The van der Waals surface area contributed by atoms with Gasteiger partial charge in [-0.3, -0.25) is 14.5 Å². The lowest BCUT2D eigenvalue weighted by molar-refractivity contribution is -0.137. The smallest absolute Gasteiger partial charge is 0.352 e. The third kappa shape index (κ3) is 5.90. The van der Waals surface area contributed by atoms with E-state index >= 15 is 0 Å². The summed E-state index contributed by atoms with van der Waals surface area (Å²) in [5, 5.41) is 6.96. The highest BCUT2D eigenvalue weighted by Gasteiger charge is 2.30. The summed E-state index contributed by atoms with van der Waals surface area (Å²) in [4.78, 5) is 26.0. The number of carbonyl (C=O) groups is 1. The van der Waals surface area contributed by atoms with E-state index in [1.807, 2.05) is 0 Å². The van der Waals surface area contributed by atoms with E-state index in [9.17, 15) is 22.8 Å². The summed E-state index contributed by atoms with van der Waals surface area (Å²) in [7, 11) is 0. The summed E-state index contributed by atoms with van der Waals surface area (Å²) in [6.07, 6.45) is -2.96. The number of hydrogen-bond donors (Lipinski definition) is 1. The van der Waals surface area contributed by atoms with E-state index < -0.39 is 11.7 Å². The van der Waals surface area contributed by atoms with Gasteiger partial charge in [0.1, 0.15) is 6.54 Å². The maximum absolute atomic E-state index is 12.8. The monoisotopic (exact) mass is 408 g/mol. The Morgan fingerprint density at radius 2 is 1.93 bits per heavy atom. The Morgan fingerprint density at radius 1 is 1.21 bits per heavy atom. The molecule has 0 bridgehead atoms. The van der Waals surface area contributed by atoms with E-state index in [1.54, 1.807) is 19.1 Å². The number of nitrogens with one attached hydrogen (secondary N) is 1. The van der Waals surface area contributed by atoms with Crippen LogP contribution in [0, 0.1) is 6.92 Å². The topological polar surface area (TPSA) is 67.2 Å². The summed E-state index contributed by atoms with van der Waals surface area (Å²) < 4.78 is 39.7. The Hall–Kier alpha value is -2.68. The maximum atomic E-state index is 12.8. The summed E-state index contributed by atoms with van der Waals surface area (Å²) in [5.41, 5.74) is 0.298. The predicted molar refractivity (Wildman–Crippen MR) is 101 cm³/mol. The van der Waals surface area contributed by atoms with Gasteiger partial charge in [0.25, 0.3) is 5.56 Å². The zero-order valence-corrected chi connectivity index (χ0v) is 16.1. The second-order valence-electron chi connectivity index (χ2n) is 7.29. The SMILES string of the molecule is Cc1ccc(=O)n(CC(=O)NC2CCN(Cc3cccc(C(F)(F)F)c3)CC2)n1. The molecule has 1 aromatic heterocycles. The molecule has 1 saturated heterocycles. The number of piperidine rings is 1. The molecule has 0 aliphatic carbocycles. The molecular weight excluding hydrogens is 385 g/mol. The standard InChI is InChI=1S/C20H23F3N4O2/c1-14-5-6-19(29)27(25-14)13-18(28)24-17-7-9-26(10-8-17)12-15-3-2-4-16(11-15)20(21,22)23/h2-6,11,17H,7-10,12-13H2,1H3,(H,24,28). The van der Waals surface area contributed by atoms with Crippen LogP contribution in [0.1, 0.15) is 29.7 Å². The van der Waals surface area contributed by atoms with Gasteiger partial charge in [0, 0.05) is 31.7 Å². The second kappa shape index (κ2) is 8.77. The van der Waals surface area contributed by atoms with Crippen LogP contribution in [0.25, 0.3) is 0 Å². The van der Waals surface area contributed by atoms with E-state index in [-0.39, 0.29) is 24.1 Å². The van der Waals surface area contributed by atoms with E-state index in [4.69, 9.17) is 0 Å². The Balaban J connectivity index is 1.49. The highest BCUT2D eigenvalue weighted by atomic mass is 19.4. The van der Waals surface area contributed by atoms with Crippen LogP contribution in [0.2, 0.25) is 0 Å². The number of nitrogens with zero attached hydrogens (tertiary/aromatic N) is 3. The molecule has 2 aromatic rings. The number of aromatic nitrogens is 2. The normalized spacial score (nSPS) is 16.0. The quantitative estimate of drug-likeness (QED) is 0.825. The molecule has 29 heavy (non-hydrogen) atoms. The van der Waals surface area contributed by atoms with Crippen LogP contribution in [0.15, 0.2) is 41.2 Å². The highest BCUT2D eigenvalue weighted by molar-refractivity contribution is 5.75. The Labute approximate surface area is 166 Å². The third-order valence-electron chi connectivity index (χ3n) is 4.91. The number of benzene rings is 1. The number of hydrogen-bond acceptors (Lipinski definition) is 4. The van der Waals surface area contributed by atoms with Crippen LogP contribution in [0.4, 0.5) is 13.2 Å². The van der Waals surface area contributed by atoms with Gasteiger partial charge in [-0.25, -0.2) is 4.68 Å². The fourth-order valence-electron chi connectivity index (χ4n) is 3.41. The van der Waals surface area contributed by atoms with Crippen molar-refractivity contribution >= 4 is 5.91 Å². The molecule has 1 amide bonds. The first kappa shape index (κ1) is 21.0. The lowest BCUT2D eigenvalue weighted by Crippen LogP contribution is -2.46. The minimum atomic E-state index is -4.35. The Kier molecular flexibility index (Phi) is 6.36. The van der Waals surface area contributed by atoms with E-state index in [2.05, 4.69) is 15.3 Å². The molecule has 9 heteroatoms. The molecule has 6 nitrogen and oxygen atoms in total. The number of alkyl halides is 3. The van der Waals surface area contributed by atoms with Crippen LogP contribution < -0.4 is 10.9 Å². The zero-order chi connectivity index (χ0) is 21.0. The van der Waals surface area contributed by atoms with E-state index in [0.29, 0.717) is 43.7 Å². The molecule has 3 rings (SSSR count). The summed E-state index contributed by atoms with van der Waals surface area (Å²) >= 11 is 0. The molecule has 0 radical (unpaired) electrons. The lowest BCUT2D eigenvalue weighted by atomic mass is 10.0. The van der Waals surface area contributed by atoms with Crippen molar-refractivity contribution in [2.24, 2.45) is 0 Å². The fraction of sp³-hybridized carbons (Fsp3) is 0.450. The fourth-order valence-corrected chi connectivity index (χ4v) is 3.41. The van der Waals surface area contributed by atoms with Crippen molar-refractivity contribution in [3.8, 4) is 0 Å². The minimum Gasteiger partial charge on any atom is -0.352 e. The first-order valence-electron chi connectivity index (χ1n) is 9.43. The molecule has 0 spiro atoms. The molecule has 156 valence electrons. The third-order valence-corrected chi connectivity index (χ3v) is 4.91. The summed E-state index contributed by atoms with van der Waals surface area (Å²) in [6, 6.07) is 8.31. The van der Waals surface area contributed by atoms with Gasteiger partial charge in [-0.2, -0.15) is 18.3 Å². The molecule has 0 unspecified atom stereocenters. The van der Waals surface area contributed by atoms with Crippen molar-refractivity contribution in [2.75, 3.05) is 13.1 Å². The molecule has 2 heterocycles. The largest absolute Gasteiger partial charge is 0.416 e. The first-order chi connectivity index (χ1) is 13.7. The number of amides is 1. The van der Waals surface area contributed by atoms with Crippen LogP contribution in [0.3, 0.4) is 0 Å². The Morgan fingerprint density at radius 3 is 2.62 bits per heavy atom. The summed E-state index contributed by atoms with van der Waals surface area (Å²) in [6.45, 7) is 3.39. The molecule has 1 aromatic carbocycles. The van der Waals surface area contributed by atoms with E-state index in [1.165, 1.54) is 18.2 Å². The molecule has 1 fully saturated rings. The molecule has 1 aliphatic rings. The van der Waals surface area contributed by atoms with E-state index in [0.717, 1.165) is 10.7 Å². The van der Waals surface area contributed by atoms with Gasteiger partial charge >= 0.3 is 6.18 Å². The van der Waals surface area contributed by atoms with Crippen LogP contribution in [-0.2, 0) is 24.1 Å². The van der Waals surface area contributed by atoms with Gasteiger partial charge in [0.2, 0.25) is 5.91 Å². The van der Waals surface area contributed by atoms with Crippen molar-refractivity contribution in [1.82, 2.24) is 20.0 Å². The van der Waals surface area contributed by atoms with Crippen molar-refractivity contribution in [3.63, 3.8) is 0 Å². The average Bonchev–Trinajstić information content (AvgIpc) is 2.66. The number of likely N-dealkylation sites (tertiary alicyclic amines) is 1. The summed E-state index contributed by atoms with van der Waals surface area (Å²) in [5.74, 6) is -0.276. The van der Waals surface area contributed by atoms with Crippen LogP contribution in [0.5, 0.6) is 0 Å². The van der Waals surface area contributed by atoms with Crippen molar-refractivity contribution in [1.29, 1.82) is 0 Å². The van der Waals surface area contributed by atoms with Crippen LogP contribution >= 0.6 is 0 Å². The maximum Gasteiger partial charge on any atom is 0.416 e. The van der Waals surface area contributed by atoms with Crippen LogP contribution in [-0.4, -0.2) is 39.7 Å². The average molecular weight is 408 g/mol.